The first kappa shape index (κ1) is 15.8. The summed E-state index contributed by atoms with van der Waals surface area (Å²) in [6.07, 6.45) is 3.13. The summed E-state index contributed by atoms with van der Waals surface area (Å²) in [6, 6.07) is 8.86. The Kier molecular flexibility index (Phi) is 4.50. The largest absolute Gasteiger partial charge is 0.384 e. The SMILES string of the molecule is COC1CCCN(C(=O)c2ccc(N)nc2)c2ccc(Cl)cc21. The first-order chi connectivity index (χ1) is 11.1. The average molecular weight is 332 g/mol. The van der Waals surface area contributed by atoms with Gasteiger partial charge in [-0.1, -0.05) is 11.6 Å². The molecule has 1 aliphatic rings. The second kappa shape index (κ2) is 6.56. The molecule has 6 heteroatoms. The zero-order valence-corrected chi connectivity index (χ0v) is 13.6. The molecule has 1 aliphatic heterocycles. The van der Waals surface area contributed by atoms with Gasteiger partial charge in [-0.2, -0.15) is 0 Å². The van der Waals surface area contributed by atoms with Gasteiger partial charge < -0.3 is 15.4 Å². The molecule has 1 amide bonds. The fourth-order valence-corrected chi connectivity index (χ4v) is 3.06. The number of nitrogen functional groups attached to an aromatic ring is 1. The Morgan fingerprint density at radius 2 is 2.22 bits per heavy atom. The molecule has 0 spiro atoms. The minimum atomic E-state index is -0.0992. The van der Waals surface area contributed by atoms with Crippen molar-refractivity contribution in [3.05, 3.63) is 52.7 Å². The van der Waals surface area contributed by atoms with E-state index in [-0.39, 0.29) is 12.0 Å². The van der Waals surface area contributed by atoms with Crippen LogP contribution in [-0.4, -0.2) is 24.5 Å². The quantitative estimate of drug-likeness (QED) is 0.915. The van der Waals surface area contributed by atoms with Crippen LogP contribution in [0.5, 0.6) is 0 Å². The number of fused-ring (bicyclic) bond motifs is 1. The Morgan fingerprint density at radius 3 is 2.91 bits per heavy atom. The molecule has 0 radical (unpaired) electrons. The van der Waals surface area contributed by atoms with Crippen LogP contribution in [0.15, 0.2) is 36.5 Å². The molecule has 1 aromatic carbocycles. The lowest BCUT2D eigenvalue weighted by Gasteiger charge is -2.24. The van der Waals surface area contributed by atoms with Gasteiger partial charge in [0.2, 0.25) is 0 Å². The number of hydrogen-bond donors (Lipinski definition) is 1. The Labute approximate surface area is 140 Å². The second-order valence-corrected chi connectivity index (χ2v) is 5.93. The van der Waals surface area contributed by atoms with Crippen molar-refractivity contribution in [1.82, 2.24) is 4.98 Å². The van der Waals surface area contributed by atoms with Crippen LogP contribution in [0.4, 0.5) is 11.5 Å². The van der Waals surface area contributed by atoms with E-state index >= 15 is 0 Å². The van der Waals surface area contributed by atoms with Gasteiger partial charge in [0.05, 0.1) is 11.7 Å². The standard InChI is InChI=1S/C17H18ClN3O2/c1-23-15-3-2-8-21(14-6-5-12(18)9-13(14)15)17(22)11-4-7-16(19)20-10-11/h4-7,9-10,15H,2-3,8H2,1H3,(H2,19,20). The molecule has 2 aromatic rings. The summed E-state index contributed by atoms with van der Waals surface area (Å²) in [6.45, 7) is 0.623. The van der Waals surface area contributed by atoms with E-state index in [0.717, 1.165) is 24.1 Å². The summed E-state index contributed by atoms with van der Waals surface area (Å²) >= 11 is 6.13. The Morgan fingerprint density at radius 1 is 1.39 bits per heavy atom. The Balaban J connectivity index is 2.02. The number of rotatable bonds is 2. The van der Waals surface area contributed by atoms with Crippen molar-refractivity contribution in [3.8, 4) is 0 Å². The minimum absolute atomic E-state index is 0.0638. The monoisotopic (exact) mass is 331 g/mol. The summed E-state index contributed by atoms with van der Waals surface area (Å²) < 4.78 is 5.58. The van der Waals surface area contributed by atoms with Gasteiger partial charge in [-0.15, -0.1) is 0 Å². The first-order valence-electron chi connectivity index (χ1n) is 7.46. The van der Waals surface area contributed by atoms with Gasteiger partial charge in [-0.05, 0) is 43.2 Å². The summed E-state index contributed by atoms with van der Waals surface area (Å²) in [5.41, 5.74) is 7.88. The van der Waals surface area contributed by atoms with Gasteiger partial charge in [0.15, 0.2) is 0 Å². The highest BCUT2D eigenvalue weighted by Crippen LogP contribution is 2.37. The number of amides is 1. The maximum absolute atomic E-state index is 12.9. The molecule has 1 aromatic heterocycles. The van der Waals surface area contributed by atoms with Crippen LogP contribution < -0.4 is 10.6 Å². The first-order valence-corrected chi connectivity index (χ1v) is 7.83. The van der Waals surface area contributed by atoms with E-state index in [4.69, 9.17) is 22.1 Å². The number of hydrogen-bond acceptors (Lipinski definition) is 4. The molecule has 0 saturated carbocycles. The van der Waals surface area contributed by atoms with E-state index in [0.29, 0.717) is 22.9 Å². The molecule has 120 valence electrons. The van der Waals surface area contributed by atoms with E-state index in [9.17, 15) is 4.79 Å². The van der Waals surface area contributed by atoms with Crippen molar-refractivity contribution < 1.29 is 9.53 Å². The summed E-state index contributed by atoms with van der Waals surface area (Å²) in [7, 11) is 1.68. The van der Waals surface area contributed by atoms with E-state index in [1.165, 1.54) is 6.20 Å². The van der Waals surface area contributed by atoms with Crippen molar-refractivity contribution in [2.45, 2.75) is 18.9 Å². The molecule has 3 rings (SSSR count). The molecule has 0 aliphatic carbocycles. The van der Waals surface area contributed by atoms with Gasteiger partial charge >= 0.3 is 0 Å². The Hall–Kier alpha value is -2.11. The fraction of sp³-hybridized carbons (Fsp3) is 0.294. The summed E-state index contributed by atoms with van der Waals surface area (Å²) in [5.74, 6) is 0.293. The van der Waals surface area contributed by atoms with Crippen LogP contribution in [0.2, 0.25) is 5.02 Å². The van der Waals surface area contributed by atoms with Crippen molar-refractivity contribution in [3.63, 3.8) is 0 Å². The molecular formula is C17H18ClN3O2. The number of aromatic nitrogens is 1. The lowest BCUT2D eigenvalue weighted by Crippen LogP contribution is -2.31. The van der Waals surface area contributed by atoms with Crippen molar-refractivity contribution in [1.29, 1.82) is 0 Å². The van der Waals surface area contributed by atoms with Crippen LogP contribution >= 0.6 is 11.6 Å². The minimum Gasteiger partial charge on any atom is -0.384 e. The van der Waals surface area contributed by atoms with E-state index in [2.05, 4.69) is 4.98 Å². The van der Waals surface area contributed by atoms with Crippen LogP contribution in [0.3, 0.4) is 0 Å². The molecule has 1 unspecified atom stereocenters. The number of carbonyl (C=O) groups excluding carboxylic acids is 1. The highest BCUT2D eigenvalue weighted by atomic mass is 35.5. The fourth-order valence-electron chi connectivity index (χ4n) is 2.88. The lowest BCUT2D eigenvalue weighted by atomic mass is 10.0. The van der Waals surface area contributed by atoms with Gasteiger partial charge in [0.25, 0.3) is 5.91 Å². The number of nitrogens with zero attached hydrogens (tertiary/aromatic N) is 2. The topological polar surface area (TPSA) is 68.5 Å². The number of carbonyl (C=O) groups is 1. The van der Waals surface area contributed by atoms with Crippen LogP contribution in [0, 0.1) is 0 Å². The average Bonchev–Trinajstić information content (AvgIpc) is 2.73. The Bertz CT molecular complexity index is 718. The molecule has 2 heterocycles. The number of methoxy groups -OCH3 is 1. The summed E-state index contributed by atoms with van der Waals surface area (Å²) in [4.78, 5) is 18.6. The van der Waals surface area contributed by atoms with Crippen LogP contribution in [0.1, 0.15) is 34.9 Å². The molecule has 0 bridgehead atoms. The molecule has 1 atom stereocenters. The normalized spacial score (nSPS) is 17.5. The van der Waals surface area contributed by atoms with E-state index in [1.807, 2.05) is 12.1 Å². The maximum atomic E-state index is 12.9. The van der Waals surface area contributed by atoms with Crippen molar-refractivity contribution >= 4 is 29.0 Å². The summed E-state index contributed by atoms with van der Waals surface area (Å²) in [5, 5.41) is 0.634. The van der Waals surface area contributed by atoms with Crippen LogP contribution in [-0.2, 0) is 4.74 Å². The van der Waals surface area contributed by atoms with Gasteiger partial charge in [0.1, 0.15) is 5.82 Å². The zero-order valence-electron chi connectivity index (χ0n) is 12.8. The van der Waals surface area contributed by atoms with Crippen molar-refractivity contribution in [2.24, 2.45) is 0 Å². The smallest absolute Gasteiger partial charge is 0.259 e. The van der Waals surface area contributed by atoms with E-state index < -0.39 is 0 Å². The number of halogens is 1. The third kappa shape index (κ3) is 3.16. The second-order valence-electron chi connectivity index (χ2n) is 5.50. The maximum Gasteiger partial charge on any atom is 0.259 e. The molecule has 23 heavy (non-hydrogen) atoms. The number of ether oxygens (including phenoxy) is 1. The van der Waals surface area contributed by atoms with E-state index in [1.54, 1.807) is 30.2 Å². The number of benzene rings is 1. The predicted octanol–water partition coefficient (Wildman–Crippen LogP) is 3.45. The zero-order chi connectivity index (χ0) is 16.4. The predicted molar refractivity (Wildman–Crippen MR) is 90.8 cm³/mol. The molecule has 0 fully saturated rings. The van der Waals surface area contributed by atoms with Crippen LogP contribution in [0.25, 0.3) is 0 Å². The van der Waals surface area contributed by atoms with Crippen molar-refractivity contribution in [2.75, 3.05) is 24.3 Å². The van der Waals surface area contributed by atoms with Gasteiger partial charge in [0, 0.05) is 36.1 Å². The number of anilines is 2. The lowest BCUT2D eigenvalue weighted by molar-refractivity contribution is 0.0960. The molecule has 5 nitrogen and oxygen atoms in total. The van der Waals surface area contributed by atoms with Gasteiger partial charge in [-0.25, -0.2) is 4.98 Å². The third-order valence-electron chi connectivity index (χ3n) is 4.04. The van der Waals surface area contributed by atoms with Gasteiger partial charge in [-0.3, -0.25) is 4.79 Å². The number of nitrogens with two attached hydrogens (primary N) is 1. The molecule has 2 N–H and O–H groups in total. The highest BCUT2D eigenvalue weighted by molar-refractivity contribution is 6.30. The highest BCUT2D eigenvalue weighted by Gasteiger charge is 2.27. The third-order valence-corrected chi connectivity index (χ3v) is 4.27. The molecular weight excluding hydrogens is 314 g/mol. The number of pyridine rings is 1. The molecule has 0 saturated heterocycles.